The van der Waals surface area contributed by atoms with Crippen molar-refractivity contribution in [2.75, 3.05) is 25.4 Å². The van der Waals surface area contributed by atoms with Crippen molar-refractivity contribution >= 4 is 19.9 Å². The largest absolute Gasteiger partial charge is 0.463 e. The third kappa shape index (κ3) is 3.43. The molecule has 2 saturated heterocycles. The van der Waals surface area contributed by atoms with Gasteiger partial charge in [0, 0.05) is 30.9 Å². The van der Waals surface area contributed by atoms with Gasteiger partial charge in [0.2, 0.25) is 10.0 Å². The molecule has 0 aliphatic carbocycles. The first-order valence-corrected chi connectivity index (χ1v) is 12.4. The molecule has 2 aliphatic heterocycles. The summed E-state index contributed by atoms with van der Waals surface area (Å²) >= 11 is 0. The lowest BCUT2D eigenvalue weighted by molar-refractivity contribution is 0.120. The molecule has 1 atom stereocenters. The maximum absolute atomic E-state index is 12.9. The minimum absolute atomic E-state index is 0.0358. The highest BCUT2D eigenvalue weighted by atomic mass is 32.2. The van der Waals surface area contributed by atoms with E-state index in [-0.39, 0.29) is 42.3 Å². The Morgan fingerprint density at radius 2 is 1.86 bits per heavy atom. The van der Waals surface area contributed by atoms with E-state index in [0.29, 0.717) is 6.42 Å². The third-order valence-electron chi connectivity index (χ3n) is 5.83. The summed E-state index contributed by atoms with van der Waals surface area (Å²) in [5, 5.41) is 0. The van der Waals surface area contributed by atoms with Gasteiger partial charge in [-0.05, 0) is 38.5 Å². The molecule has 8 nitrogen and oxygen atoms in total. The van der Waals surface area contributed by atoms with Crippen LogP contribution in [-0.2, 0) is 19.9 Å². The number of sulfone groups is 1. The fourth-order valence-corrected chi connectivity index (χ4v) is 8.10. The Bertz CT molecular complexity index is 1120. The van der Waals surface area contributed by atoms with Gasteiger partial charge < -0.3 is 4.74 Å². The molecule has 2 aliphatic rings. The number of benzene rings is 1. The molecule has 2 aromatic rings. The van der Waals surface area contributed by atoms with Crippen LogP contribution in [0.1, 0.15) is 17.7 Å². The summed E-state index contributed by atoms with van der Waals surface area (Å²) in [7, 11) is -7.15. The maximum atomic E-state index is 12.9. The lowest BCUT2D eigenvalue weighted by Crippen LogP contribution is -2.68. The van der Waals surface area contributed by atoms with Crippen LogP contribution in [0.4, 0.5) is 0 Å². The van der Waals surface area contributed by atoms with E-state index in [0.717, 1.165) is 11.3 Å². The Morgan fingerprint density at radius 1 is 1.17 bits per heavy atom. The Labute approximate surface area is 170 Å². The van der Waals surface area contributed by atoms with E-state index in [9.17, 15) is 16.8 Å². The van der Waals surface area contributed by atoms with Crippen LogP contribution in [0.25, 0.3) is 0 Å². The molecule has 1 spiro atoms. The second-order valence-electron chi connectivity index (χ2n) is 7.75. The normalized spacial score (nSPS) is 23.0. The van der Waals surface area contributed by atoms with Crippen LogP contribution in [0.15, 0.2) is 41.4 Å². The quantitative estimate of drug-likeness (QED) is 0.695. The van der Waals surface area contributed by atoms with Crippen molar-refractivity contribution in [2.24, 2.45) is 5.92 Å². The standard InChI is InChI=1S/C19H23N3O5S2/c1-14-3-5-17(6-4-14)29(25,26)22-12-19(13-22)16(8-10-28(19,23)24)11-27-18-20-9-7-15(2)21-18/h3-7,9,16H,8,10-13H2,1-2H3/t16-/m0/s1. The molecule has 0 amide bonds. The van der Waals surface area contributed by atoms with E-state index in [1.54, 1.807) is 36.5 Å². The van der Waals surface area contributed by atoms with Gasteiger partial charge in [-0.1, -0.05) is 17.7 Å². The monoisotopic (exact) mass is 437 g/mol. The van der Waals surface area contributed by atoms with E-state index in [1.165, 1.54) is 4.31 Å². The second-order valence-corrected chi connectivity index (χ2v) is 12.1. The summed E-state index contributed by atoms with van der Waals surface area (Å²) < 4.78 is 57.1. The SMILES string of the molecule is Cc1ccc(S(=O)(=O)N2CC3(C2)[C@H](COc2nccc(C)n2)CCS3(=O)=O)cc1. The van der Waals surface area contributed by atoms with Crippen LogP contribution in [0, 0.1) is 19.8 Å². The molecular weight excluding hydrogens is 414 g/mol. The summed E-state index contributed by atoms with van der Waals surface area (Å²) in [6.45, 7) is 3.74. The summed E-state index contributed by atoms with van der Waals surface area (Å²) in [4.78, 5) is 8.39. The molecule has 1 aromatic carbocycles. The van der Waals surface area contributed by atoms with Crippen LogP contribution in [0.5, 0.6) is 6.01 Å². The van der Waals surface area contributed by atoms with Crippen LogP contribution < -0.4 is 4.74 Å². The van der Waals surface area contributed by atoms with Gasteiger partial charge in [0.05, 0.1) is 17.3 Å². The third-order valence-corrected chi connectivity index (χ3v) is 10.2. The molecular formula is C19H23N3O5S2. The average Bonchev–Trinajstić information content (AvgIpc) is 2.89. The van der Waals surface area contributed by atoms with Gasteiger partial charge in [0.25, 0.3) is 0 Å². The van der Waals surface area contributed by atoms with Gasteiger partial charge in [-0.3, -0.25) is 0 Å². The van der Waals surface area contributed by atoms with Gasteiger partial charge in [-0.15, -0.1) is 0 Å². The maximum Gasteiger partial charge on any atom is 0.316 e. The molecule has 0 radical (unpaired) electrons. The van der Waals surface area contributed by atoms with E-state index in [2.05, 4.69) is 9.97 Å². The number of nitrogens with zero attached hydrogens (tertiary/aromatic N) is 3. The lowest BCUT2D eigenvalue weighted by atomic mass is 9.85. The number of rotatable bonds is 5. The fourth-order valence-electron chi connectivity index (χ4n) is 3.96. The molecule has 1 aromatic heterocycles. The van der Waals surface area contributed by atoms with Gasteiger partial charge in [0.1, 0.15) is 4.75 Å². The van der Waals surface area contributed by atoms with Crippen LogP contribution in [-0.4, -0.2) is 61.3 Å². The van der Waals surface area contributed by atoms with E-state index in [4.69, 9.17) is 4.74 Å². The summed E-state index contributed by atoms with van der Waals surface area (Å²) in [5.41, 5.74) is 1.71. The lowest BCUT2D eigenvalue weighted by Gasteiger charge is -2.48. The first-order chi connectivity index (χ1) is 13.6. The Kier molecular flexibility index (Phi) is 4.91. The number of ether oxygens (including phenoxy) is 1. The van der Waals surface area contributed by atoms with Crippen LogP contribution in [0.3, 0.4) is 0 Å². The number of aromatic nitrogens is 2. The molecule has 0 N–H and O–H groups in total. The van der Waals surface area contributed by atoms with Crippen LogP contribution >= 0.6 is 0 Å². The molecule has 2 fully saturated rings. The van der Waals surface area contributed by atoms with Gasteiger partial charge in [-0.25, -0.2) is 26.8 Å². The van der Waals surface area contributed by atoms with E-state index in [1.807, 2.05) is 13.8 Å². The van der Waals surface area contributed by atoms with Gasteiger partial charge in [-0.2, -0.15) is 4.31 Å². The Balaban J connectivity index is 1.52. The summed E-state index contributed by atoms with van der Waals surface area (Å²) in [6, 6.07) is 8.50. The number of aryl methyl sites for hydroxylation is 2. The Hall–Kier alpha value is -2.04. The fraction of sp³-hybridized carbons (Fsp3) is 0.474. The van der Waals surface area contributed by atoms with Crippen molar-refractivity contribution in [1.82, 2.24) is 14.3 Å². The molecule has 156 valence electrons. The minimum atomic E-state index is -3.73. The van der Waals surface area contributed by atoms with Crippen molar-refractivity contribution in [2.45, 2.75) is 29.9 Å². The first kappa shape index (κ1) is 20.2. The Morgan fingerprint density at radius 3 is 2.52 bits per heavy atom. The first-order valence-electron chi connectivity index (χ1n) is 9.36. The molecule has 0 unspecified atom stereocenters. The predicted molar refractivity (Wildman–Crippen MR) is 107 cm³/mol. The average molecular weight is 438 g/mol. The van der Waals surface area contributed by atoms with Crippen molar-refractivity contribution < 1.29 is 21.6 Å². The van der Waals surface area contributed by atoms with Crippen molar-refractivity contribution in [3.63, 3.8) is 0 Å². The second kappa shape index (κ2) is 7.03. The smallest absolute Gasteiger partial charge is 0.316 e. The molecule has 0 bridgehead atoms. The van der Waals surface area contributed by atoms with Gasteiger partial charge >= 0.3 is 6.01 Å². The number of hydrogen-bond acceptors (Lipinski definition) is 7. The number of hydrogen-bond donors (Lipinski definition) is 0. The highest BCUT2D eigenvalue weighted by Crippen LogP contribution is 2.46. The highest BCUT2D eigenvalue weighted by Gasteiger charge is 2.64. The molecule has 3 heterocycles. The van der Waals surface area contributed by atoms with Crippen molar-refractivity contribution in [1.29, 1.82) is 0 Å². The zero-order valence-corrected chi connectivity index (χ0v) is 17.9. The molecule has 4 rings (SSSR count). The molecule has 10 heteroatoms. The topological polar surface area (TPSA) is 107 Å². The summed E-state index contributed by atoms with van der Waals surface area (Å²) in [5.74, 6) is -0.269. The predicted octanol–water partition coefficient (Wildman–Crippen LogP) is 1.35. The van der Waals surface area contributed by atoms with Crippen molar-refractivity contribution in [3.05, 3.63) is 47.8 Å². The zero-order chi connectivity index (χ0) is 20.9. The number of sulfonamides is 1. The summed E-state index contributed by atoms with van der Waals surface area (Å²) in [6.07, 6.45) is 2.02. The van der Waals surface area contributed by atoms with Crippen LogP contribution in [0.2, 0.25) is 0 Å². The van der Waals surface area contributed by atoms with Crippen molar-refractivity contribution in [3.8, 4) is 6.01 Å². The minimum Gasteiger partial charge on any atom is -0.463 e. The van der Waals surface area contributed by atoms with Gasteiger partial charge in [0.15, 0.2) is 9.84 Å². The highest BCUT2D eigenvalue weighted by molar-refractivity contribution is 7.93. The van der Waals surface area contributed by atoms with E-state index >= 15 is 0 Å². The molecule has 0 saturated carbocycles. The zero-order valence-electron chi connectivity index (χ0n) is 16.3. The van der Waals surface area contributed by atoms with E-state index < -0.39 is 24.6 Å². The molecule has 29 heavy (non-hydrogen) atoms.